The molecule has 0 rings (SSSR count). The summed E-state index contributed by atoms with van der Waals surface area (Å²) in [4.78, 5) is 42.7. The first-order chi connectivity index (χ1) is 23.3. The third kappa shape index (κ3) is 37.1. The third-order valence-corrected chi connectivity index (χ3v) is 8.62. The predicted octanol–water partition coefficient (Wildman–Crippen LogP) is 11.4. The van der Waals surface area contributed by atoms with Crippen LogP contribution in [0.15, 0.2) is 36.5 Å². The lowest BCUT2D eigenvalue weighted by atomic mass is 10.1. The molecule has 0 aliphatic carbocycles. The van der Waals surface area contributed by atoms with E-state index in [0.29, 0.717) is 6.42 Å². The number of hydrogen-bond acceptors (Lipinski definition) is 6. The molecule has 0 unspecified atom stereocenters. The molecule has 9 heteroatoms. The minimum absolute atomic E-state index is 0.195. The zero-order chi connectivity index (χ0) is 35.4. The third-order valence-electron chi connectivity index (χ3n) is 8.13. The van der Waals surface area contributed by atoms with E-state index in [1.165, 1.54) is 83.5 Å². The molecule has 2 N–H and O–H groups in total. The molecule has 8 nitrogen and oxygen atoms in total. The number of rotatable bonds is 35. The van der Waals surface area contributed by atoms with Crippen molar-refractivity contribution in [1.29, 1.82) is 0 Å². The largest absolute Gasteiger partial charge is 0.469 e. The zero-order valence-corrected chi connectivity index (χ0v) is 31.5. The maximum atomic E-state index is 12.4. The van der Waals surface area contributed by atoms with Gasteiger partial charge < -0.3 is 19.3 Å². The Morgan fingerprint density at radius 3 is 1.40 bits per heavy atom. The molecule has 0 aliphatic rings. The van der Waals surface area contributed by atoms with Crippen molar-refractivity contribution < 1.29 is 37.9 Å². The molecule has 0 heterocycles. The van der Waals surface area contributed by atoms with Crippen molar-refractivity contribution in [2.24, 2.45) is 0 Å². The van der Waals surface area contributed by atoms with Gasteiger partial charge in [-0.15, -0.1) is 0 Å². The number of hydrogen-bond donors (Lipinski definition) is 2. The fraction of sp³-hybridized carbons (Fsp3) is 0.795. The molecular weight excluding hydrogens is 627 g/mol. The molecule has 0 fully saturated rings. The summed E-state index contributed by atoms with van der Waals surface area (Å²) in [6, 6.07) is 0. The van der Waals surface area contributed by atoms with Gasteiger partial charge >= 0.3 is 19.8 Å². The molecule has 0 bridgehead atoms. The maximum absolute atomic E-state index is 12.4. The lowest BCUT2D eigenvalue weighted by Gasteiger charge is -2.18. The summed E-state index contributed by atoms with van der Waals surface area (Å²) in [5.41, 5.74) is 0. The summed E-state index contributed by atoms with van der Waals surface area (Å²) in [5, 5.41) is 0. The molecule has 1 atom stereocenters. The number of esters is 2. The fourth-order valence-electron chi connectivity index (χ4n) is 5.22. The second kappa shape index (κ2) is 35.1. The van der Waals surface area contributed by atoms with E-state index in [2.05, 4.69) is 54.8 Å². The summed E-state index contributed by atoms with van der Waals surface area (Å²) in [6.07, 6.45) is 40.0. The highest BCUT2D eigenvalue weighted by molar-refractivity contribution is 7.46. The Labute approximate surface area is 293 Å². The molecule has 0 radical (unpaired) electrons. The number of ether oxygens (including phenoxy) is 2. The van der Waals surface area contributed by atoms with Crippen LogP contribution in [0.2, 0.25) is 0 Å². The van der Waals surface area contributed by atoms with E-state index in [9.17, 15) is 14.2 Å². The predicted molar refractivity (Wildman–Crippen MR) is 198 cm³/mol. The first-order valence-corrected chi connectivity index (χ1v) is 20.8. The highest BCUT2D eigenvalue weighted by Crippen LogP contribution is 2.36. The SMILES string of the molecule is CCCCC/C=C\CCCCCCCCCCC(=O)OC[C@H](COP(=O)(O)O)OC(=O)CCCCCCC/C=C/C/C=C/CCCCC. The van der Waals surface area contributed by atoms with Gasteiger partial charge in [-0.2, -0.15) is 0 Å². The topological polar surface area (TPSA) is 119 Å². The Morgan fingerprint density at radius 2 is 0.938 bits per heavy atom. The summed E-state index contributed by atoms with van der Waals surface area (Å²) in [5.74, 6) is -0.904. The monoisotopic (exact) mass is 698 g/mol. The Balaban J connectivity index is 3.98. The van der Waals surface area contributed by atoms with Gasteiger partial charge in [-0.05, 0) is 70.6 Å². The van der Waals surface area contributed by atoms with Gasteiger partial charge in [-0.25, -0.2) is 4.57 Å². The average molecular weight is 699 g/mol. The van der Waals surface area contributed by atoms with Crippen LogP contribution in [-0.4, -0.2) is 41.0 Å². The van der Waals surface area contributed by atoms with Gasteiger partial charge in [0.1, 0.15) is 6.61 Å². The van der Waals surface area contributed by atoms with Gasteiger partial charge in [0.15, 0.2) is 6.10 Å². The smallest absolute Gasteiger partial charge is 0.462 e. The second-order valence-corrected chi connectivity index (χ2v) is 14.1. The molecular formula is C39H71O8P. The summed E-state index contributed by atoms with van der Waals surface area (Å²) < 4.78 is 26.3. The number of phosphoric acid groups is 1. The van der Waals surface area contributed by atoms with Crippen LogP contribution in [0.25, 0.3) is 0 Å². The van der Waals surface area contributed by atoms with Crippen LogP contribution in [0.5, 0.6) is 0 Å². The van der Waals surface area contributed by atoms with E-state index in [4.69, 9.17) is 19.3 Å². The highest BCUT2D eigenvalue weighted by Gasteiger charge is 2.22. The van der Waals surface area contributed by atoms with Crippen LogP contribution in [0.1, 0.15) is 181 Å². The molecule has 280 valence electrons. The van der Waals surface area contributed by atoms with Crippen LogP contribution < -0.4 is 0 Å². The normalized spacial score (nSPS) is 12.8. The minimum Gasteiger partial charge on any atom is -0.462 e. The molecule has 0 spiro atoms. The van der Waals surface area contributed by atoms with Crippen molar-refractivity contribution >= 4 is 19.8 Å². The quantitative estimate of drug-likeness (QED) is 0.0290. The van der Waals surface area contributed by atoms with Crippen LogP contribution in [0.4, 0.5) is 0 Å². The van der Waals surface area contributed by atoms with Gasteiger partial charge in [-0.3, -0.25) is 14.1 Å². The Morgan fingerprint density at radius 1 is 0.542 bits per heavy atom. The molecule has 0 aliphatic heterocycles. The molecule has 0 saturated carbocycles. The Hall–Kier alpha value is -1.73. The molecule has 0 aromatic rings. The van der Waals surface area contributed by atoms with Crippen molar-refractivity contribution in [3.05, 3.63) is 36.5 Å². The molecule has 0 saturated heterocycles. The Kier molecular flexibility index (Phi) is 33.8. The van der Waals surface area contributed by atoms with Crippen LogP contribution in [0, 0.1) is 0 Å². The van der Waals surface area contributed by atoms with E-state index < -0.39 is 32.5 Å². The molecule has 0 aromatic carbocycles. The zero-order valence-electron chi connectivity index (χ0n) is 30.6. The standard InChI is InChI=1S/C39H71O8P/c1-3-5-7-9-11-13-15-17-19-21-23-25-27-29-31-33-38(40)45-35-37(36-46-48(42,43)44)47-39(41)34-32-30-28-26-24-22-20-18-16-14-12-10-8-6-4-2/h11-14,18,20,37H,3-10,15-17,19,21-36H2,1-2H3,(H2,42,43,44)/b13-11-,14-12+,20-18+/t37-/m1/s1. The van der Waals surface area contributed by atoms with Crippen molar-refractivity contribution in [1.82, 2.24) is 0 Å². The molecule has 0 aromatic heterocycles. The van der Waals surface area contributed by atoms with Crippen LogP contribution >= 0.6 is 7.82 Å². The Bertz CT molecular complexity index is 879. The van der Waals surface area contributed by atoms with E-state index in [0.717, 1.165) is 64.2 Å². The number of carbonyl (C=O) groups is 2. The van der Waals surface area contributed by atoms with Gasteiger partial charge in [0.2, 0.25) is 0 Å². The van der Waals surface area contributed by atoms with Crippen LogP contribution in [0.3, 0.4) is 0 Å². The van der Waals surface area contributed by atoms with E-state index in [-0.39, 0.29) is 19.4 Å². The van der Waals surface area contributed by atoms with Crippen molar-refractivity contribution in [2.45, 2.75) is 187 Å². The average Bonchev–Trinajstić information content (AvgIpc) is 3.05. The fourth-order valence-corrected chi connectivity index (χ4v) is 5.58. The maximum Gasteiger partial charge on any atom is 0.469 e. The first kappa shape index (κ1) is 46.3. The lowest BCUT2D eigenvalue weighted by Crippen LogP contribution is -2.29. The van der Waals surface area contributed by atoms with Crippen LogP contribution in [-0.2, 0) is 28.2 Å². The van der Waals surface area contributed by atoms with E-state index >= 15 is 0 Å². The summed E-state index contributed by atoms with van der Waals surface area (Å²) in [6.45, 7) is 3.62. The van der Waals surface area contributed by atoms with E-state index in [1.54, 1.807) is 0 Å². The first-order valence-electron chi connectivity index (χ1n) is 19.3. The summed E-state index contributed by atoms with van der Waals surface area (Å²) >= 11 is 0. The van der Waals surface area contributed by atoms with Gasteiger partial charge in [0.25, 0.3) is 0 Å². The van der Waals surface area contributed by atoms with Gasteiger partial charge in [0, 0.05) is 12.8 Å². The molecule has 48 heavy (non-hydrogen) atoms. The number of unbranched alkanes of at least 4 members (excludes halogenated alkanes) is 19. The highest BCUT2D eigenvalue weighted by atomic mass is 31.2. The minimum atomic E-state index is -4.75. The van der Waals surface area contributed by atoms with Crippen molar-refractivity contribution in [2.75, 3.05) is 13.2 Å². The molecule has 0 amide bonds. The number of allylic oxidation sites excluding steroid dienone is 6. The van der Waals surface area contributed by atoms with Gasteiger partial charge in [-0.1, -0.05) is 134 Å². The van der Waals surface area contributed by atoms with E-state index in [1.807, 2.05) is 0 Å². The lowest BCUT2D eigenvalue weighted by molar-refractivity contribution is -0.161. The van der Waals surface area contributed by atoms with Gasteiger partial charge in [0.05, 0.1) is 6.61 Å². The van der Waals surface area contributed by atoms with Crippen molar-refractivity contribution in [3.8, 4) is 0 Å². The van der Waals surface area contributed by atoms with Crippen molar-refractivity contribution in [3.63, 3.8) is 0 Å². The second-order valence-electron chi connectivity index (χ2n) is 12.9. The number of carbonyl (C=O) groups excluding carboxylic acids is 2. The summed E-state index contributed by atoms with van der Waals surface area (Å²) in [7, 11) is -4.75. The number of phosphoric ester groups is 1.